The first kappa shape index (κ1) is 20.5. The molecule has 7 heteroatoms. The van der Waals surface area contributed by atoms with Gasteiger partial charge in [-0.25, -0.2) is 8.42 Å². The van der Waals surface area contributed by atoms with Crippen LogP contribution in [0.15, 0.2) is 29.2 Å². The number of rotatable bonds is 6. The zero-order chi connectivity index (χ0) is 20.9. The Labute approximate surface area is 179 Å². The first-order chi connectivity index (χ1) is 14.3. The molecule has 5 aliphatic rings. The normalized spacial score (nSPS) is 34.2. The van der Waals surface area contributed by atoms with Crippen molar-refractivity contribution in [2.45, 2.75) is 74.8 Å². The highest BCUT2D eigenvalue weighted by Crippen LogP contribution is 2.55. The summed E-state index contributed by atoms with van der Waals surface area (Å²) in [7, 11) is -3.42. The summed E-state index contributed by atoms with van der Waals surface area (Å²) in [5, 5.41) is 6.67. The van der Waals surface area contributed by atoms with Gasteiger partial charge in [0.05, 0.1) is 10.9 Å². The summed E-state index contributed by atoms with van der Waals surface area (Å²) >= 11 is 0. The molecule has 1 atom stereocenters. The molecule has 1 aromatic carbocycles. The Morgan fingerprint density at radius 2 is 1.53 bits per heavy atom. The summed E-state index contributed by atoms with van der Waals surface area (Å²) in [4.78, 5) is 13.1. The fourth-order valence-electron chi connectivity index (χ4n) is 6.85. The molecule has 0 unspecified atom stereocenters. The Morgan fingerprint density at radius 1 is 1.00 bits per heavy atom. The van der Waals surface area contributed by atoms with Crippen LogP contribution in [-0.4, -0.2) is 43.3 Å². The number of amides is 1. The summed E-state index contributed by atoms with van der Waals surface area (Å²) in [5.41, 5.74) is 0.777. The number of carbonyl (C=O) groups excluding carboxylic acids is 1. The van der Waals surface area contributed by atoms with Gasteiger partial charge in [-0.1, -0.05) is 0 Å². The molecule has 6 rings (SSSR count). The van der Waals surface area contributed by atoms with Gasteiger partial charge < -0.3 is 10.6 Å². The third kappa shape index (κ3) is 3.80. The molecule has 1 saturated heterocycles. The molecule has 164 valence electrons. The molecule has 4 aliphatic carbocycles. The van der Waals surface area contributed by atoms with Gasteiger partial charge in [0.2, 0.25) is 15.9 Å². The molecule has 1 heterocycles. The molecule has 4 bridgehead atoms. The van der Waals surface area contributed by atoms with Gasteiger partial charge in [-0.15, -0.1) is 0 Å². The van der Waals surface area contributed by atoms with Crippen LogP contribution in [0.25, 0.3) is 0 Å². The second-order valence-corrected chi connectivity index (χ2v) is 12.1. The van der Waals surface area contributed by atoms with Gasteiger partial charge in [-0.3, -0.25) is 4.79 Å². The Morgan fingerprint density at radius 3 is 2.07 bits per heavy atom. The molecule has 4 saturated carbocycles. The monoisotopic (exact) mass is 431 g/mol. The van der Waals surface area contributed by atoms with Crippen LogP contribution in [0.2, 0.25) is 0 Å². The summed E-state index contributed by atoms with van der Waals surface area (Å²) in [5.74, 6) is 2.46. The fraction of sp³-hybridized carbons (Fsp3) is 0.696. The van der Waals surface area contributed by atoms with Gasteiger partial charge >= 0.3 is 0 Å². The van der Waals surface area contributed by atoms with Crippen LogP contribution in [-0.2, 0) is 14.8 Å². The second kappa shape index (κ2) is 7.61. The van der Waals surface area contributed by atoms with Crippen LogP contribution >= 0.6 is 0 Å². The van der Waals surface area contributed by atoms with Crippen LogP contribution in [0.1, 0.15) is 58.3 Å². The molecular weight excluding hydrogens is 398 g/mol. The highest BCUT2D eigenvalue weighted by molar-refractivity contribution is 7.89. The second-order valence-electron chi connectivity index (χ2n) is 10.2. The standard InChI is InChI=1S/C23H33N3O3S/c1-16(25-23-13-17-10-18(14-23)12-19(11-17)15-23)22(27)24-20-4-6-21(7-5-20)30(28,29)26-8-2-3-9-26/h4-7,16-19,25H,2-3,8-15H2,1H3,(H,24,27)/t16-,17?,18?,19?,23?/m0/s1. The molecular formula is C23H33N3O3S. The lowest BCUT2D eigenvalue weighted by molar-refractivity contribution is -0.119. The molecule has 1 aromatic rings. The molecule has 30 heavy (non-hydrogen) atoms. The van der Waals surface area contributed by atoms with Crippen LogP contribution in [0.4, 0.5) is 5.69 Å². The van der Waals surface area contributed by atoms with Gasteiger partial charge in [0, 0.05) is 24.3 Å². The van der Waals surface area contributed by atoms with Crippen molar-refractivity contribution in [1.29, 1.82) is 0 Å². The van der Waals surface area contributed by atoms with E-state index in [2.05, 4.69) is 10.6 Å². The lowest BCUT2D eigenvalue weighted by atomic mass is 9.53. The minimum atomic E-state index is -3.42. The predicted molar refractivity (Wildman–Crippen MR) is 117 cm³/mol. The van der Waals surface area contributed by atoms with E-state index in [1.54, 1.807) is 24.3 Å². The average Bonchev–Trinajstić information content (AvgIpc) is 3.22. The summed E-state index contributed by atoms with van der Waals surface area (Å²) in [6.07, 6.45) is 9.61. The number of hydrogen-bond donors (Lipinski definition) is 2. The van der Waals surface area contributed by atoms with Gasteiger partial charge in [-0.05, 0) is 100 Å². The summed E-state index contributed by atoms with van der Waals surface area (Å²) in [6.45, 7) is 3.13. The smallest absolute Gasteiger partial charge is 0.243 e. The van der Waals surface area contributed by atoms with Crippen molar-refractivity contribution in [3.05, 3.63) is 24.3 Å². The van der Waals surface area contributed by atoms with Gasteiger partial charge in [0.1, 0.15) is 0 Å². The van der Waals surface area contributed by atoms with Gasteiger partial charge in [-0.2, -0.15) is 4.31 Å². The maximum absolute atomic E-state index is 12.8. The highest BCUT2D eigenvalue weighted by atomic mass is 32.2. The number of benzene rings is 1. The summed E-state index contributed by atoms with van der Waals surface area (Å²) in [6, 6.07) is 6.31. The number of anilines is 1. The minimum Gasteiger partial charge on any atom is -0.325 e. The zero-order valence-electron chi connectivity index (χ0n) is 17.8. The Bertz CT molecular complexity index is 871. The molecule has 0 spiro atoms. The predicted octanol–water partition coefficient (Wildman–Crippen LogP) is 3.36. The van der Waals surface area contributed by atoms with Crippen molar-refractivity contribution < 1.29 is 13.2 Å². The van der Waals surface area contributed by atoms with E-state index >= 15 is 0 Å². The van der Waals surface area contributed by atoms with Crippen molar-refractivity contribution in [2.75, 3.05) is 18.4 Å². The fourth-order valence-corrected chi connectivity index (χ4v) is 8.37. The Hall–Kier alpha value is -1.44. The average molecular weight is 432 g/mol. The van der Waals surface area contributed by atoms with E-state index in [1.807, 2.05) is 6.92 Å². The van der Waals surface area contributed by atoms with Crippen LogP contribution < -0.4 is 10.6 Å². The largest absolute Gasteiger partial charge is 0.325 e. The minimum absolute atomic E-state index is 0.0547. The van der Waals surface area contributed by atoms with Crippen LogP contribution in [0, 0.1) is 17.8 Å². The SMILES string of the molecule is C[C@H](NC12CC3CC(CC(C3)C1)C2)C(=O)Nc1ccc(S(=O)(=O)N2CCCC2)cc1. The zero-order valence-corrected chi connectivity index (χ0v) is 18.6. The Balaban J connectivity index is 1.21. The first-order valence-electron chi connectivity index (χ1n) is 11.5. The maximum Gasteiger partial charge on any atom is 0.243 e. The van der Waals surface area contributed by atoms with E-state index in [9.17, 15) is 13.2 Å². The quantitative estimate of drug-likeness (QED) is 0.724. The highest BCUT2D eigenvalue weighted by Gasteiger charge is 2.51. The van der Waals surface area contributed by atoms with Crippen molar-refractivity contribution in [3.8, 4) is 0 Å². The number of nitrogens with zero attached hydrogens (tertiary/aromatic N) is 1. The number of sulfonamides is 1. The number of nitrogens with one attached hydrogen (secondary N) is 2. The lowest BCUT2D eigenvalue weighted by Crippen LogP contribution is -2.62. The lowest BCUT2D eigenvalue weighted by Gasteiger charge is -2.57. The van der Waals surface area contributed by atoms with E-state index in [0.717, 1.165) is 30.6 Å². The third-order valence-corrected chi connectivity index (χ3v) is 9.69. The molecule has 1 aliphatic heterocycles. The number of carbonyl (C=O) groups is 1. The van der Waals surface area contributed by atoms with E-state index < -0.39 is 10.0 Å². The van der Waals surface area contributed by atoms with E-state index in [0.29, 0.717) is 23.7 Å². The van der Waals surface area contributed by atoms with E-state index in [-0.39, 0.29) is 17.5 Å². The molecule has 0 aromatic heterocycles. The van der Waals surface area contributed by atoms with Crippen LogP contribution in [0.5, 0.6) is 0 Å². The summed E-state index contributed by atoms with van der Waals surface area (Å²) < 4.78 is 26.9. The molecule has 0 radical (unpaired) electrons. The van der Waals surface area contributed by atoms with Gasteiger partial charge in [0.15, 0.2) is 0 Å². The van der Waals surface area contributed by atoms with Crippen molar-refractivity contribution in [2.24, 2.45) is 17.8 Å². The van der Waals surface area contributed by atoms with E-state index in [1.165, 1.54) is 42.8 Å². The van der Waals surface area contributed by atoms with Gasteiger partial charge in [0.25, 0.3) is 0 Å². The van der Waals surface area contributed by atoms with Crippen molar-refractivity contribution in [1.82, 2.24) is 9.62 Å². The van der Waals surface area contributed by atoms with Crippen molar-refractivity contribution in [3.63, 3.8) is 0 Å². The van der Waals surface area contributed by atoms with E-state index in [4.69, 9.17) is 0 Å². The van der Waals surface area contributed by atoms with Crippen LogP contribution in [0.3, 0.4) is 0 Å². The number of hydrogen-bond acceptors (Lipinski definition) is 4. The molecule has 2 N–H and O–H groups in total. The Kier molecular flexibility index (Phi) is 5.19. The topological polar surface area (TPSA) is 78.5 Å². The first-order valence-corrected chi connectivity index (χ1v) is 13.0. The molecule has 1 amide bonds. The molecule has 5 fully saturated rings. The third-order valence-electron chi connectivity index (χ3n) is 7.78. The molecule has 6 nitrogen and oxygen atoms in total. The van der Waals surface area contributed by atoms with Crippen molar-refractivity contribution >= 4 is 21.6 Å². The maximum atomic E-state index is 12.8.